The number of carbonyl (C=O) groups excluding carboxylic acids is 2. The van der Waals surface area contributed by atoms with Crippen molar-refractivity contribution < 1.29 is 34.8 Å². The molecule has 6 atom stereocenters. The van der Waals surface area contributed by atoms with Gasteiger partial charge in [-0.15, -0.1) is 0 Å². The summed E-state index contributed by atoms with van der Waals surface area (Å²) in [5.74, 6) is -0.821. The summed E-state index contributed by atoms with van der Waals surface area (Å²) in [6.07, 6.45) is -3.42. The summed E-state index contributed by atoms with van der Waals surface area (Å²) in [6, 6.07) is -2.11. The van der Waals surface area contributed by atoms with Gasteiger partial charge in [-0.25, -0.2) is 25.2 Å². The number of aromatic nitrogens is 4. The summed E-state index contributed by atoms with van der Waals surface area (Å²) in [7, 11) is 0. The average molecular weight is 426 g/mol. The molecule has 15 heteroatoms. The van der Waals surface area contributed by atoms with Crippen molar-refractivity contribution in [3.63, 3.8) is 0 Å². The number of anilines is 1. The van der Waals surface area contributed by atoms with Gasteiger partial charge in [0.05, 0.1) is 19.0 Å². The summed E-state index contributed by atoms with van der Waals surface area (Å²) >= 11 is 0. The van der Waals surface area contributed by atoms with Gasteiger partial charge < -0.3 is 30.9 Å². The molecule has 3 heterocycles. The fourth-order valence-electron chi connectivity index (χ4n) is 2.80. The highest BCUT2D eigenvalue weighted by Crippen LogP contribution is 2.31. The molecule has 0 spiro atoms. The number of ether oxygens (including phenoxy) is 1. The number of nitrogens with zero attached hydrogens (tertiary/aromatic N) is 4. The van der Waals surface area contributed by atoms with Gasteiger partial charge in [-0.3, -0.25) is 20.1 Å². The second-order valence-electron chi connectivity index (χ2n) is 6.61. The third-order valence-electron chi connectivity index (χ3n) is 4.50. The smallest absolute Gasteiger partial charge is 0.339 e. The maximum absolute atomic E-state index is 12.0. The van der Waals surface area contributed by atoms with Crippen LogP contribution < -0.4 is 21.9 Å². The molecular formula is C15H22N8O7. The first-order valence-electron chi connectivity index (χ1n) is 8.85. The van der Waals surface area contributed by atoms with Crippen molar-refractivity contribution in [2.75, 3.05) is 11.9 Å². The topological polar surface area (TPSA) is 230 Å². The number of carbonyl (C=O) groups is 2. The SMILES string of the molecule is C[C@@H](O)[C@H](N)C(=O)NNC(=O)Nc1ncnc2c1ncn2[C@@H]1O[C@H](CO)[C@@H](O)[C@H]1O. The number of aliphatic hydroxyl groups excluding tert-OH is 4. The lowest BCUT2D eigenvalue weighted by molar-refractivity contribution is -0.125. The van der Waals surface area contributed by atoms with Gasteiger partial charge in [0.1, 0.15) is 30.7 Å². The van der Waals surface area contributed by atoms with Crippen molar-refractivity contribution in [2.45, 2.75) is 43.6 Å². The number of rotatable bonds is 5. The Balaban J connectivity index is 1.73. The van der Waals surface area contributed by atoms with Crippen molar-refractivity contribution in [3.05, 3.63) is 12.7 Å². The van der Waals surface area contributed by atoms with E-state index in [1.165, 1.54) is 17.8 Å². The highest BCUT2D eigenvalue weighted by molar-refractivity contribution is 5.96. The number of imidazole rings is 1. The summed E-state index contributed by atoms with van der Waals surface area (Å²) in [4.78, 5) is 35.7. The number of aliphatic hydroxyl groups is 4. The minimum atomic E-state index is -1.34. The van der Waals surface area contributed by atoms with E-state index in [1.54, 1.807) is 0 Å². The maximum atomic E-state index is 12.0. The number of hydrogen-bond acceptors (Lipinski definition) is 11. The molecule has 30 heavy (non-hydrogen) atoms. The molecule has 0 aliphatic carbocycles. The molecule has 0 unspecified atom stereocenters. The second kappa shape index (κ2) is 8.82. The zero-order valence-corrected chi connectivity index (χ0v) is 15.7. The quantitative estimate of drug-likeness (QED) is 0.217. The first-order valence-corrected chi connectivity index (χ1v) is 8.85. The molecule has 3 rings (SSSR count). The van der Waals surface area contributed by atoms with Gasteiger partial charge in [0.25, 0.3) is 5.91 Å². The number of nitrogens with one attached hydrogen (secondary N) is 3. The van der Waals surface area contributed by atoms with Crippen molar-refractivity contribution in [3.8, 4) is 0 Å². The van der Waals surface area contributed by atoms with Crippen LogP contribution >= 0.6 is 0 Å². The highest BCUT2D eigenvalue weighted by Gasteiger charge is 2.44. The molecule has 0 bridgehead atoms. The van der Waals surface area contributed by atoms with E-state index in [4.69, 9.17) is 10.5 Å². The fourth-order valence-corrected chi connectivity index (χ4v) is 2.80. The first-order chi connectivity index (χ1) is 14.2. The minimum Gasteiger partial charge on any atom is -0.394 e. The fraction of sp³-hybridized carbons (Fsp3) is 0.533. The molecule has 1 fully saturated rings. The van der Waals surface area contributed by atoms with Crippen LogP contribution in [0.15, 0.2) is 12.7 Å². The predicted octanol–water partition coefficient (Wildman–Crippen LogP) is -3.70. The van der Waals surface area contributed by atoms with E-state index in [2.05, 4.69) is 25.7 Å². The number of amides is 3. The van der Waals surface area contributed by atoms with Gasteiger partial charge in [-0.2, -0.15) is 0 Å². The van der Waals surface area contributed by atoms with Crippen LogP contribution in [0.2, 0.25) is 0 Å². The lowest BCUT2D eigenvalue weighted by Crippen LogP contribution is -2.53. The van der Waals surface area contributed by atoms with Gasteiger partial charge in [0.15, 0.2) is 23.2 Å². The van der Waals surface area contributed by atoms with Gasteiger partial charge >= 0.3 is 6.03 Å². The molecule has 1 aliphatic heterocycles. The van der Waals surface area contributed by atoms with Crippen LogP contribution in [0, 0.1) is 0 Å². The summed E-state index contributed by atoms with van der Waals surface area (Å²) in [5.41, 5.74) is 9.86. The Morgan fingerprint density at radius 3 is 2.63 bits per heavy atom. The normalized spacial score (nSPS) is 25.7. The predicted molar refractivity (Wildman–Crippen MR) is 98.3 cm³/mol. The lowest BCUT2D eigenvalue weighted by atomic mass is 10.1. The summed E-state index contributed by atoms with van der Waals surface area (Å²) < 4.78 is 6.77. The molecule has 3 amide bonds. The first kappa shape index (κ1) is 21.8. The Bertz CT molecular complexity index is 922. The Morgan fingerprint density at radius 2 is 2.00 bits per heavy atom. The molecule has 9 N–H and O–H groups in total. The third-order valence-corrected chi connectivity index (χ3v) is 4.50. The molecule has 1 aliphatic rings. The highest BCUT2D eigenvalue weighted by atomic mass is 16.6. The van der Waals surface area contributed by atoms with Crippen molar-refractivity contribution in [1.29, 1.82) is 0 Å². The molecule has 0 saturated carbocycles. The van der Waals surface area contributed by atoms with Gasteiger partial charge in [-0.05, 0) is 6.92 Å². The number of fused-ring (bicyclic) bond motifs is 1. The van der Waals surface area contributed by atoms with E-state index in [1.807, 2.05) is 5.43 Å². The van der Waals surface area contributed by atoms with E-state index in [0.29, 0.717) is 0 Å². The molecule has 1 saturated heterocycles. The van der Waals surface area contributed by atoms with Crippen molar-refractivity contribution in [2.24, 2.45) is 5.73 Å². The number of nitrogens with two attached hydrogens (primary N) is 1. The minimum absolute atomic E-state index is 0.0166. The Hall–Kier alpha value is -2.95. The summed E-state index contributed by atoms with van der Waals surface area (Å²) in [5, 5.41) is 41.0. The largest absolute Gasteiger partial charge is 0.394 e. The Labute approximate surface area is 168 Å². The molecule has 15 nitrogen and oxygen atoms in total. The maximum Gasteiger partial charge on any atom is 0.339 e. The molecule has 164 valence electrons. The van der Waals surface area contributed by atoms with Crippen LogP contribution in [0.4, 0.5) is 10.6 Å². The van der Waals surface area contributed by atoms with Crippen LogP contribution in [0.5, 0.6) is 0 Å². The van der Waals surface area contributed by atoms with Crippen molar-refractivity contribution >= 4 is 28.9 Å². The van der Waals surface area contributed by atoms with Crippen LogP contribution in [0.1, 0.15) is 13.2 Å². The van der Waals surface area contributed by atoms with Crippen LogP contribution in [0.3, 0.4) is 0 Å². The van der Waals surface area contributed by atoms with Crippen LogP contribution in [-0.2, 0) is 9.53 Å². The van der Waals surface area contributed by atoms with E-state index in [0.717, 1.165) is 6.33 Å². The zero-order chi connectivity index (χ0) is 22.0. The molecule has 2 aromatic heterocycles. The third kappa shape index (κ3) is 4.16. The summed E-state index contributed by atoms with van der Waals surface area (Å²) in [6.45, 7) is 0.832. The van der Waals surface area contributed by atoms with Gasteiger partial charge in [0, 0.05) is 0 Å². The molecule has 0 aromatic carbocycles. The number of urea groups is 1. The number of hydrazine groups is 1. The van der Waals surface area contributed by atoms with E-state index < -0.39 is 55.2 Å². The van der Waals surface area contributed by atoms with Gasteiger partial charge in [-0.1, -0.05) is 0 Å². The van der Waals surface area contributed by atoms with Gasteiger partial charge in [0.2, 0.25) is 0 Å². The standard InChI is InChI=1S/C15H22N8O7/c1-5(25)7(16)13(28)21-22-15(29)20-11-8-12(18-3-17-11)23(4-19-8)14-10(27)9(26)6(2-24)30-14/h3-7,9-10,14,24-27H,2,16H2,1H3,(H,21,28)(H2,17,18,20,22,29)/t5-,6-,7+,9-,10-,14-/m1/s1. The monoisotopic (exact) mass is 426 g/mol. The zero-order valence-electron chi connectivity index (χ0n) is 15.7. The second-order valence-corrected chi connectivity index (χ2v) is 6.61. The van der Waals surface area contributed by atoms with Crippen molar-refractivity contribution in [1.82, 2.24) is 30.4 Å². The Morgan fingerprint density at radius 1 is 1.27 bits per heavy atom. The Kier molecular flexibility index (Phi) is 6.40. The lowest BCUT2D eigenvalue weighted by Gasteiger charge is -2.16. The van der Waals surface area contributed by atoms with Crippen LogP contribution in [0.25, 0.3) is 11.2 Å². The van der Waals surface area contributed by atoms with Crippen LogP contribution in [-0.4, -0.2) is 88.9 Å². The molecular weight excluding hydrogens is 404 g/mol. The molecule has 0 radical (unpaired) electrons. The van der Waals surface area contributed by atoms with E-state index >= 15 is 0 Å². The van der Waals surface area contributed by atoms with E-state index in [9.17, 15) is 30.0 Å². The number of hydrogen-bond donors (Lipinski definition) is 8. The molecule has 2 aromatic rings. The van der Waals surface area contributed by atoms with E-state index in [-0.39, 0.29) is 17.0 Å². The average Bonchev–Trinajstić information content (AvgIpc) is 3.27.